The number of benzene rings is 1. The zero-order valence-electron chi connectivity index (χ0n) is 12.6. The van der Waals surface area contributed by atoms with Crippen molar-refractivity contribution >= 4 is 14.9 Å². The molecule has 1 rings (SSSR count). The Labute approximate surface area is 115 Å². The molecule has 0 bridgehead atoms. The van der Waals surface area contributed by atoms with E-state index in [4.69, 9.17) is 0 Å². The summed E-state index contributed by atoms with van der Waals surface area (Å²) in [6.07, 6.45) is 0. The fourth-order valence-electron chi connectivity index (χ4n) is 2.20. The van der Waals surface area contributed by atoms with Crippen molar-refractivity contribution in [2.24, 2.45) is 0 Å². The van der Waals surface area contributed by atoms with Gasteiger partial charge in [0, 0.05) is 6.67 Å². The summed E-state index contributed by atoms with van der Waals surface area (Å²) in [5, 5.41) is 1.55. The molecule has 0 aliphatic heterocycles. The average Bonchev–Trinajstić information content (AvgIpc) is 2.34. The molecule has 0 saturated carbocycles. The standard InChI is InChI=1S/C15H28N2Si/c1-6-17(7-2)12-16-18-14-11-9-8-10-13(14)15(3,4)5/h8-11,16H,6-7,12,18H2,1-5H3. The quantitative estimate of drug-likeness (QED) is 0.620. The van der Waals surface area contributed by atoms with Crippen LogP contribution >= 0.6 is 0 Å². The lowest BCUT2D eigenvalue weighted by Crippen LogP contribution is -2.42. The maximum Gasteiger partial charge on any atom is 0.126 e. The third-order valence-electron chi connectivity index (χ3n) is 3.37. The van der Waals surface area contributed by atoms with Crippen molar-refractivity contribution in [3.63, 3.8) is 0 Å². The van der Waals surface area contributed by atoms with Crippen LogP contribution in [0.15, 0.2) is 24.3 Å². The molecule has 102 valence electrons. The highest BCUT2D eigenvalue weighted by atomic mass is 28.2. The van der Waals surface area contributed by atoms with Crippen molar-refractivity contribution in [3.8, 4) is 0 Å². The average molecular weight is 264 g/mol. The molecule has 0 fully saturated rings. The van der Waals surface area contributed by atoms with E-state index < -0.39 is 0 Å². The molecule has 2 nitrogen and oxygen atoms in total. The molecule has 1 aromatic rings. The van der Waals surface area contributed by atoms with E-state index in [0.29, 0.717) is 0 Å². The van der Waals surface area contributed by atoms with Crippen LogP contribution in [-0.4, -0.2) is 34.3 Å². The van der Waals surface area contributed by atoms with Crippen LogP contribution in [0.3, 0.4) is 0 Å². The molecule has 0 aliphatic rings. The van der Waals surface area contributed by atoms with Crippen molar-refractivity contribution < 1.29 is 0 Å². The predicted molar refractivity (Wildman–Crippen MR) is 84.2 cm³/mol. The minimum absolute atomic E-state index is 0.250. The lowest BCUT2D eigenvalue weighted by atomic mass is 9.87. The minimum Gasteiger partial charge on any atom is -0.326 e. The van der Waals surface area contributed by atoms with E-state index in [0.717, 1.165) is 19.8 Å². The summed E-state index contributed by atoms with van der Waals surface area (Å²) in [5.74, 6) is 0. The summed E-state index contributed by atoms with van der Waals surface area (Å²) in [5.41, 5.74) is 1.75. The SMILES string of the molecule is CCN(CC)CN[SiH2]c1ccccc1C(C)(C)C. The summed E-state index contributed by atoms with van der Waals surface area (Å²) in [7, 11) is -0.373. The Morgan fingerprint density at radius 3 is 2.28 bits per heavy atom. The molecule has 18 heavy (non-hydrogen) atoms. The molecular weight excluding hydrogens is 236 g/mol. The normalized spacial score (nSPS) is 12.8. The highest BCUT2D eigenvalue weighted by molar-refractivity contribution is 6.51. The van der Waals surface area contributed by atoms with Gasteiger partial charge in [-0.3, -0.25) is 4.90 Å². The maximum atomic E-state index is 3.68. The highest BCUT2D eigenvalue weighted by Crippen LogP contribution is 2.19. The van der Waals surface area contributed by atoms with Gasteiger partial charge >= 0.3 is 0 Å². The number of nitrogens with zero attached hydrogens (tertiary/aromatic N) is 1. The van der Waals surface area contributed by atoms with E-state index in [-0.39, 0.29) is 15.1 Å². The fraction of sp³-hybridized carbons (Fsp3) is 0.600. The van der Waals surface area contributed by atoms with E-state index in [1.807, 2.05) is 0 Å². The summed E-state index contributed by atoms with van der Waals surface area (Å²) >= 11 is 0. The van der Waals surface area contributed by atoms with Crippen molar-refractivity contribution in [1.82, 2.24) is 9.88 Å². The van der Waals surface area contributed by atoms with Gasteiger partial charge in [-0.25, -0.2) is 0 Å². The van der Waals surface area contributed by atoms with Crippen LogP contribution in [0.2, 0.25) is 0 Å². The van der Waals surface area contributed by atoms with Gasteiger partial charge in [0.1, 0.15) is 9.68 Å². The van der Waals surface area contributed by atoms with Gasteiger partial charge in [0.2, 0.25) is 0 Å². The molecule has 0 radical (unpaired) electrons. The van der Waals surface area contributed by atoms with Gasteiger partial charge in [0.25, 0.3) is 0 Å². The monoisotopic (exact) mass is 264 g/mol. The van der Waals surface area contributed by atoms with E-state index in [9.17, 15) is 0 Å². The number of hydrogen-bond donors (Lipinski definition) is 1. The van der Waals surface area contributed by atoms with Crippen molar-refractivity contribution in [2.45, 2.75) is 40.0 Å². The van der Waals surface area contributed by atoms with Crippen molar-refractivity contribution in [1.29, 1.82) is 0 Å². The summed E-state index contributed by atoms with van der Waals surface area (Å²) in [4.78, 5) is 6.10. The molecule has 0 saturated heterocycles. The number of nitrogens with one attached hydrogen (secondary N) is 1. The van der Waals surface area contributed by atoms with Gasteiger partial charge in [0.15, 0.2) is 0 Å². The first-order chi connectivity index (χ1) is 8.49. The van der Waals surface area contributed by atoms with Gasteiger partial charge in [0.05, 0.1) is 0 Å². The Kier molecular flexibility index (Phi) is 6.06. The van der Waals surface area contributed by atoms with Gasteiger partial charge < -0.3 is 4.98 Å². The fourth-order valence-corrected chi connectivity index (χ4v) is 3.99. The Morgan fingerprint density at radius 1 is 1.11 bits per heavy atom. The summed E-state index contributed by atoms with van der Waals surface area (Å²) in [6, 6.07) is 8.89. The van der Waals surface area contributed by atoms with Crippen LogP contribution in [0.5, 0.6) is 0 Å². The maximum absolute atomic E-state index is 3.68. The van der Waals surface area contributed by atoms with Crippen LogP contribution in [-0.2, 0) is 5.41 Å². The van der Waals surface area contributed by atoms with E-state index >= 15 is 0 Å². The first-order valence-corrected chi connectivity index (χ1v) is 8.42. The molecule has 3 heteroatoms. The molecule has 1 N–H and O–H groups in total. The van der Waals surface area contributed by atoms with E-state index in [1.54, 1.807) is 5.19 Å². The topological polar surface area (TPSA) is 15.3 Å². The molecular formula is C15H28N2Si. The lowest BCUT2D eigenvalue weighted by Gasteiger charge is -2.24. The zero-order valence-corrected chi connectivity index (χ0v) is 14.0. The molecule has 0 amide bonds. The Morgan fingerprint density at radius 2 is 1.72 bits per heavy atom. The first kappa shape index (κ1) is 15.4. The molecule has 0 aliphatic carbocycles. The third-order valence-corrected chi connectivity index (χ3v) is 4.84. The van der Waals surface area contributed by atoms with Crippen molar-refractivity contribution in [2.75, 3.05) is 19.8 Å². The van der Waals surface area contributed by atoms with Crippen molar-refractivity contribution in [3.05, 3.63) is 29.8 Å². The summed E-state index contributed by atoms with van der Waals surface area (Å²) < 4.78 is 0. The Hall–Kier alpha value is -0.643. The second-order valence-corrected chi connectivity index (χ2v) is 7.41. The van der Waals surface area contributed by atoms with Gasteiger partial charge in [-0.1, -0.05) is 58.9 Å². The minimum atomic E-state index is -0.373. The molecule has 1 aromatic carbocycles. The van der Waals surface area contributed by atoms with Gasteiger partial charge in [-0.05, 0) is 29.3 Å². The Bertz CT molecular complexity index is 354. The van der Waals surface area contributed by atoms with Gasteiger partial charge in [-0.15, -0.1) is 0 Å². The first-order valence-electron chi connectivity index (χ1n) is 7.00. The third kappa shape index (κ3) is 4.56. The molecule has 0 unspecified atom stereocenters. The van der Waals surface area contributed by atoms with Crippen LogP contribution in [0.1, 0.15) is 40.2 Å². The Balaban J connectivity index is 2.62. The number of rotatable bonds is 6. The lowest BCUT2D eigenvalue weighted by molar-refractivity contribution is 0.301. The number of hydrogen-bond acceptors (Lipinski definition) is 2. The van der Waals surface area contributed by atoms with Crippen LogP contribution < -0.4 is 10.2 Å². The zero-order chi connectivity index (χ0) is 13.6. The summed E-state index contributed by atoms with van der Waals surface area (Å²) in [6.45, 7) is 14.6. The highest BCUT2D eigenvalue weighted by Gasteiger charge is 2.16. The smallest absolute Gasteiger partial charge is 0.126 e. The van der Waals surface area contributed by atoms with Crippen LogP contribution in [0.4, 0.5) is 0 Å². The second kappa shape index (κ2) is 7.07. The van der Waals surface area contributed by atoms with Crippen LogP contribution in [0, 0.1) is 0 Å². The molecule has 0 heterocycles. The molecule has 0 aromatic heterocycles. The molecule has 0 atom stereocenters. The van der Waals surface area contributed by atoms with E-state index in [1.165, 1.54) is 5.56 Å². The van der Waals surface area contributed by atoms with Gasteiger partial charge in [-0.2, -0.15) is 0 Å². The largest absolute Gasteiger partial charge is 0.326 e. The van der Waals surface area contributed by atoms with Crippen LogP contribution in [0.25, 0.3) is 0 Å². The van der Waals surface area contributed by atoms with E-state index in [2.05, 4.69) is 68.8 Å². The molecule has 0 spiro atoms. The second-order valence-electron chi connectivity index (χ2n) is 5.80. The predicted octanol–water partition coefficient (Wildman–Crippen LogP) is 1.58.